The van der Waals surface area contributed by atoms with Gasteiger partial charge >= 0.3 is 0 Å². The third kappa shape index (κ3) is 3.93. The van der Waals surface area contributed by atoms with Crippen LogP contribution in [0.3, 0.4) is 0 Å². The summed E-state index contributed by atoms with van der Waals surface area (Å²) in [7, 11) is 3.68. The van der Waals surface area contributed by atoms with Gasteiger partial charge in [0.2, 0.25) is 0 Å². The first-order chi connectivity index (χ1) is 9.35. The number of nitrogens with one attached hydrogen (secondary N) is 1. The molecule has 1 N–H and O–H groups in total. The van der Waals surface area contributed by atoms with E-state index in [4.69, 9.17) is 14.2 Å². The quantitative estimate of drug-likeness (QED) is 0.729. The van der Waals surface area contributed by atoms with Gasteiger partial charge in [0.05, 0.1) is 19.8 Å². The summed E-state index contributed by atoms with van der Waals surface area (Å²) in [6.07, 6.45) is 1.98. The molecular weight excluding hydrogens is 242 g/mol. The van der Waals surface area contributed by atoms with Gasteiger partial charge in [0.1, 0.15) is 5.75 Å². The van der Waals surface area contributed by atoms with Gasteiger partial charge in [-0.2, -0.15) is 0 Å². The van der Waals surface area contributed by atoms with Crippen LogP contribution in [0.5, 0.6) is 5.75 Å². The van der Waals surface area contributed by atoms with Crippen LogP contribution in [0.15, 0.2) is 18.2 Å². The molecule has 2 rings (SSSR count). The number of hydrogen-bond acceptors (Lipinski definition) is 4. The number of hydrogen-bond donors (Lipinski definition) is 1. The second-order valence-electron chi connectivity index (χ2n) is 4.70. The highest BCUT2D eigenvalue weighted by Gasteiger charge is 2.15. The molecule has 0 saturated carbocycles. The van der Waals surface area contributed by atoms with E-state index in [1.54, 1.807) is 7.11 Å². The zero-order valence-electron chi connectivity index (χ0n) is 11.8. The second-order valence-corrected chi connectivity index (χ2v) is 4.70. The third-order valence-corrected chi connectivity index (χ3v) is 3.45. The molecular formula is C15H23NO3. The number of rotatable bonds is 8. The number of fused-ring (bicyclic) bond motifs is 1. The molecule has 1 aliphatic rings. The molecule has 0 aromatic heterocycles. The Morgan fingerprint density at radius 1 is 1.32 bits per heavy atom. The summed E-state index contributed by atoms with van der Waals surface area (Å²) in [5.41, 5.74) is 2.63. The first-order valence-electron chi connectivity index (χ1n) is 6.84. The lowest BCUT2D eigenvalue weighted by molar-refractivity contribution is 0.0661. The Morgan fingerprint density at radius 3 is 3.00 bits per heavy atom. The van der Waals surface area contributed by atoms with Gasteiger partial charge in [-0.05, 0) is 30.7 Å². The molecule has 0 saturated heterocycles. The van der Waals surface area contributed by atoms with Gasteiger partial charge in [0.15, 0.2) is 0 Å². The second kappa shape index (κ2) is 7.48. The summed E-state index contributed by atoms with van der Waals surface area (Å²) < 4.78 is 16.0. The van der Waals surface area contributed by atoms with Crippen molar-refractivity contribution in [3.8, 4) is 5.75 Å². The van der Waals surface area contributed by atoms with E-state index in [0.29, 0.717) is 19.3 Å². The molecule has 1 aromatic rings. The van der Waals surface area contributed by atoms with Crippen LogP contribution in [0.4, 0.5) is 0 Å². The smallest absolute Gasteiger partial charge is 0.122 e. The van der Waals surface area contributed by atoms with Gasteiger partial charge in [-0.15, -0.1) is 0 Å². The van der Waals surface area contributed by atoms with E-state index in [0.717, 1.165) is 31.8 Å². The normalized spacial score (nSPS) is 15.1. The van der Waals surface area contributed by atoms with Crippen molar-refractivity contribution in [1.82, 2.24) is 5.32 Å². The van der Waals surface area contributed by atoms with Gasteiger partial charge in [-0.1, -0.05) is 12.1 Å². The predicted octanol–water partition coefficient (Wildman–Crippen LogP) is 1.94. The van der Waals surface area contributed by atoms with Gasteiger partial charge in [0.25, 0.3) is 0 Å². The van der Waals surface area contributed by atoms with Gasteiger partial charge in [-0.25, -0.2) is 0 Å². The summed E-state index contributed by atoms with van der Waals surface area (Å²) in [5, 5.41) is 3.35. The molecule has 1 unspecified atom stereocenters. The summed E-state index contributed by atoms with van der Waals surface area (Å²) in [5.74, 6) is 1.04. The molecule has 0 radical (unpaired) electrons. The van der Waals surface area contributed by atoms with E-state index in [-0.39, 0.29) is 0 Å². The fourth-order valence-electron chi connectivity index (χ4n) is 2.35. The Bertz CT molecular complexity index is 395. The molecule has 0 aliphatic carbocycles. The van der Waals surface area contributed by atoms with Crippen molar-refractivity contribution < 1.29 is 14.2 Å². The molecule has 4 heteroatoms. The highest BCUT2D eigenvalue weighted by atomic mass is 16.5. The third-order valence-electron chi connectivity index (χ3n) is 3.45. The van der Waals surface area contributed by atoms with Crippen LogP contribution in [0.1, 0.15) is 23.6 Å². The molecule has 19 heavy (non-hydrogen) atoms. The molecule has 4 nitrogen and oxygen atoms in total. The standard InChI is InChI=1S/C15H23NO3/c1-16-14(6-7-18-10-9-17-2)12-3-4-15-13(11-12)5-8-19-15/h3-4,11,14,16H,5-10H2,1-2H3. The van der Waals surface area contributed by atoms with Gasteiger partial charge in [-0.3, -0.25) is 0 Å². The Hall–Kier alpha value is -1.10. The monoisotopic (exact) mass is 265 g/mol. The zero-order valence-corrected chi connectivity index (χ0v) is 11.8. The summed E-state index contributed by atoms with van der Waals surface area (Å²) in [6.45, 7) is 2.86. The fourth-order valence-corrected chi connectivity index (χ4v) is 2.35. The van der Waals surface area contributed by atoms with E-state index in [1.807, 2.05) is 7.05 Å². The van der Waals surface area contributed by atoms with Crippen LogP contribution in [0.25, 0.3) is 0 Å². The predicted molar refractivity (Wildman–Crippen MR) is 74.8 cm³/mol. The van der Waals surface area contributed by atoms with E-state index < -0.39 is 0 Å². The maximum Gasteiger partial charge on any atom is 0.122 e. The lowest BCUT2D eigenvalue weighted by Gasteiger charge is -2.17. The molecule has 0 fully saturated rings. The van der Waals surface area contributed by atoms with E-state index in [2.05, 4.69) is 23.5 Å². The van der Waals surface area contributed by atoms with Crippen molar-refractivity contribution >= 4 is 0 Å². The molecule has 106 valence electrons. The lowest BCUT2D eigenvalue weighted by atomic mass is 10.0. The lowest BCUT2D eigenvalue weighted by Crippen LogP contribution is -2.19. The molecule has 0 bridgehead atoms. The zero-order chi connectivity index (χ0) is 13.5. The maximum atomic E-state index is 5.53. The van der Waals surface area contributed by atoms with Crippen molar-refractivity contribution in [2.24, 2.45) is 0 Å². The first-order valence-corrected chi connectivity index (χ1v) is 6.84. The molecule has 0 amide bonds. The minimum atomic E-state index is 0.327. The van der Waals surface area contributed by atoms with Crippen LogP contribution >= 0.6 is 0 Å². The minimum absolute atomic E-state index is 0.327. The SMILES string of the molecule is CNC(CCOCCOC)c1ccc2c(c1)CCO2. The van der Waals surface area contributed by atoms with E-state index in [1.165, 1.54) is 11.1 Å². The van der Waals surface area contributed by atoms with Crippen LogP contribution in [0, 0.1) is 0 Å². The van der Waals surface area contributed by atoms with Crippen LogP contribution in [-0.4, -0.2) is 40.6 Å². The van der Waals surface area contributed by atoms with Crippen LogP contribution in [0.2, 0.25) is 0 Å². The molecule has 1 atom stereocenters. The largest absolute Gasteiger partial charge is 0.493 e. The van der Waals surface area contributed by atoms with Crippen LogP contribution in [-0.2, 0) is 15.9 Å². The highest BCUT2D eigenvalue weighted by molar-refractivity contribution is 5.40. The van der Waals surface area contributed by atoms with Gasteiger partial charge < -0.3 is 19.5 Å². The topological polar surface area (TPSA) is 39.7 Å². The average Bonchev–Trinajstić information content (AvgIpc) is 2.90. The van der Waals surface area contributed by atoms with Crippen molar-refractivity contribution in [2.45, 2.75) is 18.9 Å². The molecule has 1 aliphatic heterocycles. The number of ether oxygens (including phenoxy) is 3. The van der Waals surface area contributed by atoms with Gasteiger partial charge in [0, 0.05) is 26.2 Å². The Labute approximate surface area is 115 Å². The summed E-state index contributed by atoms with van der Waals surface area (Å²) in [6, 6.07) is 6.79. The van der Waals surface area contributed by atoms with E-state index in [9.17, 15) is 0 Å². The summed E-state index contributed by atoms with van der Waals surface area (Å²) >= 11 is 0. The fraction of sp³-hybridized carbons (Fsp3) is 0.600. The van der Waals surface area contributed by atoms with Crippen LogP contribution < -0.4 is 10.1 Å². The van der Waals surface area contributed by atoms with Crippen molar-refractivity contribution in [3.63, 3.8) is 0 Å². The Balaban J connectivity index is 1.86. The first kappa shape index (κ1) is 14.3. The van der Waals surface area contributed by atoms with Crippen molar-refractivity contribution in [2.75, 3.05) is 40.6 Å². The molecule has 0 spiro atoms. The Kier molecular flexibility index (Phi) is 5.63. The average molecular weight is 265 g/mol. The van der Waals surface area contributed by atoms with E-state index >= 15 is 0 Å². The minimum Gasteiger partial charge on any atom is -0.493 e. The highest BCUT2D eigenvalue weighted by Crippen LogP contribution is 2.28. The number of methoxy groups -OCH3 is 1. The van der Waals surface area contributed by atoms with Crippen molar-refractivity contribution in [3.05, 3.63) is 29.3 Å². The summed E-state index contributed by atoms with van der Waals surface area (Å²) in [4.78, 5) is 0. The molecule has 1 aromatic carbocycles. The maximum absolute atomic E-state index is 5.53. The van der Waals surface area contributed by atoms with Crippen molar-refractivity contribution in [1.29, 1.82) is 0 Å². The number of benzene rings is 1. The Morgan fingerprint density at radius 2 is 2.21 bits per heavy atom. The molecule has 1 heterocycles.